The van der Waals surface area contributed by atoms with Gasteiger partial charge < -0.3 is 20.9 Å². The van der Waals surface area contributed by atoms with Crippen LogP contribution in [-0.2, 0) is 0 Å². The number of urea groups is 1. The van der Waals surface area contributed by atoms with Crippen molar-refractivity contribution in [2.75, 3.05) is 5.32 Å². The zero-order chi connectivity index (χ0) is 21.2. The fourth-order valence-electron chi connectivity index (χ4n) is 2.74. The first-order chi connectivity index (χ1) is 13.6. The summed E-state index contributed by atoms with van der Waals surface area (Å²) in [6.07, 6.45) is 0.332. The number of H-pyrrole nitrogens is 1. The second-order valence-electron chi connectivity index (χ2n) is 6.80. The summed E-state index contributed by atoms with van der Waals surface area (Å²) in [5, 5.41) is 22.4. The van der Waals surface area contributed by atoms with Crippen LogP contribution in [0.3, 0.4) is 0 Å². The van der Waals surface area contributed by atoms with Gasteiger partial charge in [-0.3, -0.25) is 10.4 Å². The van der Waals surface area contributed by atoms with Crippen molar-refractivity contribution in [3.63, 3.8) is 0 Å². The van der Waals surface area contributed by atoms with E-state index in [1.807, 2.05) is 0 Å². The number of fused-ring (bicyclic) bond motifs is 1. The van der Waals surface area contributed by atoms with Gasteiger partial charge in [0, 0.05) is 12.3 Å². The molecule has 0 fully saturated rings. The normalized spacial score (nSPS) is 12.4. The molecule has 1 atom stereocenters. The van der Waals surface area contributed by atoms with Crippen molar-refractivity contribution in [2.45, 2.75) is 25.5 Å². The van der Waals surface area contributed by atoms with Gasteiger partial charge in [0.15, 0.2) is 0 Å². The van der Waals surface area contributed by atoms with Gasteiger partial charge in [0.1, 0.15) is 11.6 Å². The topological polar surface area (TPSA) is 155 Å². The summed E-state index contributed by atoms with van der Waals surface area (Å²) in [5.41, 5.74) is 4.62. The van der Waals surface area contributed by atoms with Crippen molar-refractivity contribution in [3.8, 4) is 5.88 Å². The number of ether oxygens (including phenoxy) is 1. The average Bonchev–Trinajstić information content (AvgIpc) is 3.01. The first kappa shape index (κ1) is 20.0. The van der Waals surface area contributed by atoms with Gasteiger partial charge in [0.25, 0.3) is 5.88 Å². The standard InChI is InChI=1S/C18H19FN6O4/c1-18(2,28)14(9-3-5-10(19)6-4-9)23-17(27)22-13-7-12-11(8-21-13)15(25-24-12)29-16(20)26/h3-8,14,28H,1-2H3,(H2,20,26)(H,24,25)(H2,21,22,23,27)/t14-/m0/s1. The van der Waals surface area contributed by atoms with E-state index in [1.165, 1.54) is 50.4 Å². The van der Waals surface area contributed by atoms with Crippen molar-refractivity contribution in [1.82, 2.24) is 20.5 Å². The first-order valence-electron chi connectivity index (χ1n) is 8.50. The molecule has 152 valence electrons. The number of aromatic nitrogens is 3. The van der Waals surface area contributed by atoms with Crippen LogP contribution in [0.5, 0.6) is 5.88 Å². The summed E-state index contributed by atoms with van der Waals surface area (Å²) in [6, 6.07) is 5.48. The third-order valence-corrected chi connectivity index (χ3v) is 4.04. The molecule has 0 aliphatic carbocycles. The van der Waals surface area contributed by atoms with Crippen LogP contribution in [0.15, 0.2) is 36.5 Å². The number of anilines is 1. The minimum atomic E-state index is -1.32. The highest BCUT2D eigenvalue weighted by Gasteiger charge is 2.30. The van der Waals surface area contributed by atoms with Crippen molar-refractivity contribution >= 4 is 28.8 Å². The number of carbonyl (C=O) groups excluding carboxylic acids is 2. The molecule has 10 nitrogen and oxygen atoms in total. The summed E-state index contributed by atoms with van der Waals surface area (Å²) in [6.45, 7) is 3.05. The Labute approximate surface area is 164 Å². The van der Waals surface area contributed by atoms with Crippen LogP contribution in [0.2, 0.25) is 0 Å². The van der Waals surface area contributed by atoms with Gasteiger partial charge in [-0.2, -0.15) is 0 Å². The van der Waals surface area contributed by atoms with Crippen molar-refractivity contribution in [2.24, 2.45) is 5.73 Å². The van der Waals surface area contributed by atoms with Gasteiger partial charge in [-0.1, -0.05) is 12.1 Å². The second kappa shape index (κ2) is 7.72. The highest BCUT2D eigenvalue weighted by molar-refractivity contribution is 5.92. The Balaban J connectivity index is 1.76. The van der Waals surface area contributed by atoms with Crippen molar-refractivity contribution in [1.29, 1.82) is 0 Å². The Hall–Kier alpha value is -3.73. The number of aliphatic hydroxyl groups is 1. The molecule has 0 saturated carbocycles. The monoisotopic (exact) mass is 402 g/mol. The summed E-state index contributed by atoms with van der Waals surface area (Å²) in [7, 11) is 0. The zero-order valence-corrected chi connectivity index (χ0v) is 15.6. The number of benzene rings is 1. The molecule has 0 bridgehead atoms. The number of hydrogen-bond donors (Lipinski definition) is 5. The van der Waals surface area contributed by atoms with Gasteiger partial charge in [-0.15, -0.1) is 5.10 Å². The molecule has 29 heavy (non-hydrogen) atoms. The van der Waals surface area contributed by atoms with E-state index in [4.69, 9.17) is 10.5 Å². The fraction of sp³-hybridized carbons (Fsp3) is 0.222. The molecule has 3 aromatic rings. The Morgan fingerprint density at radius 1 is 1.31 bits per heavy atom. The summed E-state index contributed by atoms with van der Waals surface area (Å²) >= 11 is 0. The number of halogens is 1. The molecule has 0 spiro atoms. The number of rotatable bonds is 5. The Bertz CT molecular complexity index is 1040. The van der Waals surface area contributed by atoms with Crippen LogP contribution in [0.25, 0.3) is 10.9 Å². The van der Waals surface area contributed by atoms with E-state index in [9.17, 15) is 19.1 Å². The minimum Gasteiger partial charge on any atom is -0.389 e. The molecule has 1 aromatic carbocycles. The molecule has 0 radical (unpaired) electrons. The molecule has 0 unspecified atom stereocenters. The summed E-state index contributed by atoms with van der Waals surface area (Å²) in [4.78, 5) is 27.4. The minimum absolute atomic E-state index is 0.0330. The number of nitrogens with one attached hydrogen (secondary N) is 3. The van der Waals surface area contributed by atoms with Crippen molar-refractivity contribution < 1.29 is 23.8 Å². The van der Waals surface area contributed by atoms with Gasteiger partial charge >= 0.3 is 12.1 Å². The average molecular weight is 402 g/mol. The van der Waals surface area contributed by atoms with E-state index >= 15 is 0 Å². The fourth-order valence-corrected chi connectivity index (χ4v) is 2.74. The molecule has 0 aliphatic rings. The smallest absolute Gasteiger partial charge is 0.389 e. The molecule has 2 aromatic heterocycles. The molecule has 0 aliphatic heterocycles. The van der Waals surface area contributed by atoms with Crippen LogP contribution in [-0.4, -0.2) is 38.0 Å². The number of nitrogens with zero attached hydrogens (tertiary/aromatic N) is 2. The van der Waals surface area contributed by atoms with Crippen LogP contribution >= 0.6 is 0 Å². The quantitative estimate of drug-likeness (QED) is 0.440. The Morgan fingerprint density at radius 2 is 2.00 bits per heavy atom. The van der Waals surface area contributed by atoms with Crippen LogP contribution in [0.4, 0.5) is 19.8 Å². The molecule has 0 saturated heterocycles. The molecule has 3 amide bonds. The van der Waals surface area contributed by atoms with E-state index in [0.29, 0.717) is 16.5 Å². The number of primary amides is 1. The summed E-state index contributed by atoms with van der Waals surface area (Å²) < 4.78 is 17.9. The third-order valence-electron chi connectivity index (χ3n) is 4.04. The Morgan fingerprint density at radius 3 is 2.62 bits per heavy atom. The molecule has 3 rings (SSSR count). The summed E-state index contributed by atoms with van der Waals surface area (Å²) in [5.74, 6) is -0.281. The largest absolute Gasteiger partial charge is 0.411 e. The lowest BCUT2D eigenvalue weighted by Crippen LogP contribution is -2.43. The van der Waals surface area contributed by atoms with E-state index in [2.05, 4.69) is 25.8 Å². The van der Waals surface area contributed by atoms with E-state index in [-0.39, 0.29) is 11.7 Å². The van der Waals surface area contributed by atoms with Crippen molar-refractivity contribution in [3.05, 3.63) is 47.9 Å². The lowest BCUT2D eigenvalue weighted by Gasteiger charge is -2.30. The number of amides is 3. The highest BCUT2D eigenvalue weighted by atomic mass is 19.1. The number of aromatic amines is 1. The predicted octanol–water partition coefficient (Wildman–Crippen LogP) is 2.19. The van der Waals surface area contributed by atoms with E-state index in [0.717, 1.165) is 0 Å². The first-order valence-corrected chi connectivity index (χ1v) is 8.50. The molecular weight excluding hydrogens is 383 g/mol. The lowest BCUT2D eigenvalue weighted by atomic mass is 9.92. The van der Waals surface area contributed by atoms with E-state index in [1.54, 1.807) is 0 Å². The number of carbonyl (C=O) groups is 2. The molecule has 11 heteroatoms. The molecular formula is C18H19FN6O4. The maximum absolute atomic E-state index is 13.2. The third kappa shape index (κ3) is 4.76. The predicted molar refractivity (Wildman–Crippen MR) is 102 cm³/mol. The zero-order valence-electron chi connectivity index (χ0n) is 15.6. The number of hydrogen-bond acceptors (Lipinski definition) is 6. The molecule has 6 N–H and O–H groups in total. The maximum Gasteiger partial charge on any atom is 0.411 e. The number of nitrogens with two attached hydrogens (primary N) is 1. The maximum atomic E-state index is 13.2. The lowest BCUT2D eigenvalue weighted by molar-refractivity contribution is 0.0415. The second-order valence-corrected chi connectivity index (χ2v) is 6.80. The Kier molecular flexibility index (Phi) is 5.33. The van der Waals surface area contributed by atoms with E-state index < -0.39 is 29.6 Å². The van der Waals surface area contributed by atoms with Gasteiger partial charge in [0.2, 0.25) is 0 Å². The SMILES string of the molecule is CC(C)(O)[C@@H](NC(=O)Nc1cc2[nH]nc(OC(N)=O)c2cn1)c1ccc(F)cc1. The van der Waals surface area contributed by atoms with Crippen LogP contribution < -0.4 is 21.1 Å². The highest BCUT2D eigenvalue weighted by Crippen LogP contribution is 2.26. The van der Waals surface area contributed by atoms with Gasteiger partial charge in [-0.25, -0.2) is 19.0 Å². The number of pyridine rings is 1. The van der Waals surface area contributed by atoms with Crippen LogP contribution in [0.1, 0.15) is 25.5 Å². The molecule has 2 heterocycles. The van der Waals surface area contributed by atoms with Crippen LogP contribution in [0, 0.1) is 5.82 Å². The van der Waals surface area contributed by atoms with Gasteiger partial charge in [-0.05, 0) is 31.5 Å². The van der Waals surface area contributed by atoms with Gasteiger partial charge in [0.05, 0.1) is 22.5 Å².